The molecule has 1 aromatic carbocycles. The van der Waals surface area contributed by atoms with Gasteiger partial charge < -0.3 is 0 Å². The quantitative estimate of drug-likeness (QED) is 0.653. The zero-order valence-corrected chi connectivity index (χ0v) is 16.4. The van der Waals surface area contributed by atoms with Crippen molar-refractivity contribution in [3.63, 3.8) is 0 Å². The second kappa shape index (κ2) is 6.75. The number of thiazole rings is 1. The number of nitrogens with zero attached hydrogens (tertiary/aromatic N) is 1. The number of hydrogen-bond acceptors (Lipinski definition) is 6. The third-order valence-corrected chi connectivity index (χ3v) is 6.64. The van der Waals surface area contributed by atoms with Gasteiger partial charge in [-0.25, -0.2) is 13.4 Å². The van der Waals surface area contributed by atoms with Gasteiger partial charge in [0.15, 0.2) is 15.0 Å². The minimum atomic E-state index is -3.49. The van der Waals surface area contributed by atoms with Crippen LogP contribution < -0.4 is 5.32 Å². The Hall–Kier alpha value is -1.55. The molecule has 0 saturated carbocycles. The van der Waals surface area contributed by atoms with Crippen LogP contribution in [0.1, 0.15) is 10.4 Å². The van der Waals surface area contributed by atoms with Crippen LogP contribution in [0, 0.1) is 0 Å². The fourth-order valence-electron chi connectivity index (χ4n) is 2.04. The third-order valence-electron chi connectivity index (χ3n) is 3.08. The summed E-state index contributed by atoms with van der Waals surface area (Å²) in [6.45, 7) is 0. The molecule has 2 heterocycles. The number of carbonyl (C=O) groups excluding carboxylic acids is 1. The van der Waals surface area contributed by atoms with Gasteiger partial charge in [0.25, 0.3) is 5.91 Å². The molecule has 0 bridgehead atoms. The van der Waals surface area contributed by atoms with E-state index >= 15 is 0 Å². The Morgan fingerprint density at radius 3 is 2.62 bits per heavy atom. The molecule has 2 aromatic heterocycles. The van der Waals surface area contributed by atoms with Gasteiger partial charge in [-0.2, -0.15) is 0 Å². The van der Waals surface area contributed by atoms with Crippen LogP contribution in [0.25, 0.3) is 10.6 Å². The Labute approximate surface area is 155 Å². The van der Waals surface area contributed by atoms with Gasteiger partial charge in [-0.15, -0.1) is 22.7 Å². The summed E-state index contributed by atoms with van der Waals surface area (Å²) in [7, 11) is -3.49. The fourth-order valence-corrected chi connectivity index (χ4v) is 5.05. The maximum Gasteiger partial charge on any atom is 0.258 e. The molecule has 3 rings (SSSR count). The summed E-state index contributed by atoms with van der Waals surface area (Å²) >= 11 is 6.23. The number of nitrogens with one attached hydrogen (secondary N) is 1. The minimum Gasteiger partial charge on any atom is -0.298 e. The van der Waals surface area contributed by atoms with E-state index in [-0.39, 0.29) is 10.5 Å². The number of rotatable bonds is 4. The van der Waals surface area contributed by atoms with E-state index in [4.69, 9.17) is 0 Å². The lowest BCUT2D eigenvalue weighted by Gasteiger charge is -2.06. The van der Waals surface area contributed by atoms with Crippen molar-refractivity contribution in [2.24, 2.45) is 0 Å². The standard InChI is InChI=1S/C15H11BrN2O3S3/c1-24(20,21)12-5-3-2-4-9(12)14(19)18-15-17-10(8-22-15)11-6-7-13(16)23-11/h2-8H,1H3,(H,17,18,19). The highest BCUT2D eigenvalue weighted by atomic mass is 79.9. The fraction of sp³-hybridized carbons (Fsp3) is 0.0667. The van der Waals surface area contributed by atoms with E-state index in [9.17, 15) is 13.2 Å². The first-order valence-electron chi connectivity index (χ1n) is 6.66. The molecule has 0 aliphatic carbocycles. The topological polar surface area (TPSA) is 76.1 Å². The number of halogens is 1. The van der Waals surface area contributed by atoms with E-state index in [2.05, 4.69) is 26.2 Å². The number of anilines is 1. The lowest BCUT2D eigenvalue weighted by atomic mass is 10.2. The van der Waals surface area contributed by atoms with Crippen molar-refractivity contribution in [2.45, 2.75) is 4.90 Å². The average Bonchev–Trinajstić information content (AvgIpc) is 3.15. The molecule has 3 aromatic rings. The highest BCUT2D eigenvalue weighted by Gasteiger charge is 2.19. The number of hydrogen-bond donors (Lipinski definition) is 1. The first-order valence-corrected chi connectivity index (χ1v) is 11.0. The van der Waals surface area contributed by atoms with Crippen molar-refractivity contribution in [2.75, 3.05) is 11.6 Å². The molecule has 9 heteroatoms. The summed E-state index contributed by atoms with van der Waals surface area (Å²) in [6, 6.07) is 9.98. The van der Waals surface area contributed by atoms with Gasteiger partial charge in [-0.3, -0.25) is 10.1 Å². The molecule has 0 aliphatic heterocycles. The van der Waals surface area contributed by atoms with Crippen LogP contribution in [0.2, 0.25) is 0 Å². The monoisotopic (exact) mass is 442 g/mol. The number of thiophene rings is 1. The molecular formula is C15H11BrN2O3S3. The lowest BCUT2D eigenvalue weighted by Crippen LogP contribution is -2.15. The van der Waals surface area contributed by atoms with Gasteiger partial charge in [0.1, 0.15) is 0 Å². The van der Waals surface area contributed by atoms with Crippen LogP contribution in [0.3, 0.4) is 0 Å². The van der Waals surface area contributed by atoms with Crippen molar-refractivity contribution >= 4 is 59.5 Å². The van der Waals surface area contributed by atoms with Gasteiger partial charge >= 0.3 is 0 Å². The van der Waals surface area contributed by atoms with Crippen molar-refractivity contribution < 1.29 is 13.2 Å². The average molecular weight is 443 g/mol. The molecular weight excluding hydrogens is 432 g/mol. The molecule has 124 valence electrons. The van der Waals surface area contributed by atoms with E-state index in [1.807, 2.05) is 17.5 Å². The molecule has 24 heavy (non-hydrogen) atoms. The number of aromatic nitrogens is 1. The van der Waals surface area contributed by atoms with Gasteiger partial charge in [-0.1, -0.05) is 12.1 Å². The second-order valence-corrected chi connectivity index (χ2v) is 10.2. The predicted molar refractivity (Wildman–Crippen MR) is 101 cm³/mol. The van der Waals surface area contributed by atoms with Gasteiger partial charge in [0, 0.05) is 11.6 Å². The summed E-state index contributed by atoms with van der Waals surface area (Å²) in [6.07, 6.45) is 1.08. The Morgan fingerprint density at radius 2 is 1.96 bits per heavy atom. The highest BCUT2D eigenvalue weighted by Crippen LogP contribution is 2.33. The SMILES string of the molecule is CS(=O)(=O)c1ccccc1C(=O)Nc1nc(-c2ccc(Br)s2)cs1. The van der Waals surface area contributed by atoms with Crippen molar-refractivity contribution in [1.82, 2.24) is 4.98 Å². The Bertz CT molecular complexity index is 1010. The van der Waals surface area contributed by atoms with Crippen LogP contribution >= 0.6 is 38.6 Å². The first kappa shape index (κ1) is 17.3. The molecule has 0 radical (unpaired) electrons. The van der Waals surface area contributed by atoms with Gasteiger partial charge in [0.2, 0.25) is 0 Å². The summed E-state index contributed by atoms with van der Waals surface area (Å²) < 4.78 is 24.6. The van der Waals surface area contributed by atoms with Crippen molar-refractivity contribution in [1.29, 1.82) is 0 Å². The van der Waals surface area contributed by atoms with Crippen LogP contribution in [0.5, 0.6) is 0 Å². The van der Waals surface area contributed by atoms with Gasteiger partial charge in [0.05, 0.1) is 24.8 Å². The molecule has 0 spiro atoms. The van der Waals surface area contributed by atoms with Crippen LogP contribution in [-0.4, -0.2) is 25.6 Å². The largest absolute Gasteiger partial charge is 0.298 e. The van der Waals surface area contributed by atoms with E-state index in [0.29, 0.717) is 5.13 Å². The van der Waals surface area contributed by atoms with Crippen LogP contribution in [0.4, 0.5) is 5.13 Å². The number of benzene rings is 1. The third kappa shape index (κ3) is 3.75. The Morgan fingerprint density at radius 1 is 1.21 bits per heavy atom. The van der Waals surface area contributed by atoms with Crippen molar-refractivity contribution in [3.8, 4) is 10.6 Å². The second-order valence-electron chi connectivity index (χ2n) is 4.86. The molecule has 1 N–H and O–H groups in total. The summed E-state index contributed by atoms with van der Waals surface area (Å²) in [4.78, 5) is 17.8. The summed E-state index contributed by atoms with van der Waals surface area (Å²) in [5.41, 5.74) is 0.873. The Kier molecular flexibility index (Phi) is 4.86. The van der Waals surface area contributed by atoms with Crippen LogP contribution in [-0.2, 0) is 9.84 Å². The molecule has 5 nitrogen and oxygen atoms in total. The van der Waals surface area contributed by atoms with E-state index in [0.717, 1.165) is 20.6 Å². The van der Waals surface area contributed by atoms with E-state index in [1.54, 1.807) is 23.5 Å². The molecule has 0 atom stereocenters. The molecule has 1 amide bonds. The van der Waals surface area contributed by atoms with Gasteiger partial charge in [-0.05, 0) is 40.2 Å². The predicted octanol–water partition coefficient (Wildman–Crippen LogP) is 4.29. The minimum absolute atomic E-state index is 0.00136. The zero-order valence-electron chi connectivity index (χ0n) is 12.3. The highest BCUT2D eigenvalue weighted by molar-refractivity contribution is 9.11. The number of amides is 1. The maximum absolute atomic E-state index is 12.4. The summed E-state index contributed by atoms with van der Waals surface area (Å²) in [5.74, 6) is -0.496. The number of sulfone groups is 1. The smallest absolute Gasteiger partial charge is 0.258 e. The van der Waals surface area contributed by atoms with E-state index < -0.39 is 15.7 Å². The number of carbonyl (C=O) groups is 1. The maximum atomic E-state index is 12.4. The first-order chi connectivity index (χ1) is 11.3. The van der Waals surface area contributed by atoms with E-state index in [1.165, 1.54) is 23.5 Å². The van der Waals surface area contributed by atoms with Crippen molar-refractivity contribution in [3.05, 3.63) is 51.1 Å². The lowest BCUT2D eigenvalue weighted by molar-refractivity contribution is 0.102. The molecule has 0 aliphatic rings. The Balaban J connectivity index is 1.85. The van der Waals surface area contributed by atoms with Crippen LogP contribution in [0.15, 0.2) is 50.5 Å². The molecule has 0 fully saturated rings. The summed E-state index contributed by atoms with van der Waals surface area (Å²) in [5, 5.41) is 4.93. The normalized spacial score (nSPS) is 11.4. The zero-order chi connectivity index (χ0) is 17.3. The molecule has 0 saturated heterocycles. The molecule has 0 unspecified atom stereocenters.